The summed E-state index contributed by atoms with van der Waals surface area (Å²) in [5, 5.41) is 3.00. The molecule has 1 aliphatic rings. The number of carbonyl (C=O) groups excluding carboxylic acids is 1. The number of hydroxylamine groups is 2. The second-order valence-corrected chi connectivity index (χ2v) is 7.89. The highest BCUT2D eigenvalue weighted by atomic mass is 35.5. The molecule has 0 spiro atoms. The van der Waals surface area contributed by atoms with Gasteiger partial charge in [-0.3, -0.25) is 9.63 Å². The van der Waals surface area contributed by atoms with E-state index in [1.54, 1.807) is 4.73 Å². The zero-order chi connectivity index (χ0) is 21.2. The topological polar surface area (TPSA) is 43.7 Å². The van der Waals surface area contributed by atoms with Crippen molar-refractivity contribution in [3.63, 3.8) is 0 Å². The number of benzene rings is 3. The quantitative estimate of drug-likeness (QED) is 0.428. The largest absolute Gasteiger partial charge is 0.408 e. The molecule has 0 bridgehead atoms. The number of halogens is 1. The fraction of sp³-hybridized carbons (Fsp3) is 0.160. The molecule has 5 nitrogen and oxygen atoms in total. The van der Waals surface area contributed by atoms with Crippen LogP contribution in [0.2, 0.25) is 5.02 Å². The maximum Gasteiger partial charge on any atom is 0.297 e. The number of hydrogen-bond acceptors (Lipinski definition) is 3. The van der Waals surface area contributed by atoms with E-state index in [4.69, 9.17) is 21.3 Å². The Morgan fingerprint density at radius 3 is 2.16 bits per heavy atom. The molecule has 0 N–H and O–H groups in total. The van der Waals surface area contributed by atoms with Crippen molar-refractivity contribution >= 4 is 28.4 Å². The molecule has 2 heterocycles. The lowest BCUT2D eigenvalue weighted by molar-refractivity contribution is -0.136. The van der Waals surface area contributed by atoms with Gasteiger partial charge in [-0.05, 0) is 41.3 Å². The molecule has 0 unspecified atom stereocenters. The number of nitrogens with zero attached hydrogens (tertiary/aromatic N) is 2. The first-order valence-electron chi connectivity index (χ1n) is 10.2. The molecule has 31 heavy (non-hydrogen) atoms. The van der Waals surface area contributed by atoms with E-state index in [0.717, 1.165) is 27.6 Å². The summed E-state index contributed by atoms with van der Waals surface area (Å²) >= 11 is 6.26. The van der Waals surface area contributed by atoms with Gasteiger partial charge in [0.1, 0.15) is 13.2 Å². The van der Waals surface area contributed by atoms with Crippen molar-refractivity contribution in [1.82, 2.24) is 9.79 Å². The number of hydrogen-bond donors (Lipinski definition) is 0. The predicted octanol–water partition coefficient (Wildman–Crippen LogP) is 5.05. The Bertz CT molecular complexity index is 1220. The van der Waals surface area contributed by atoms with Crippen LogP contribution in [0.5, 0.6) is 0 Å². The summed E-state index contributed by atoms with van der Waals surface area (Å²) in [7, 11) is 0. The van der Waals surface area contributed by atoms with Gasteiger partial charge in [-0.25, -0.2) is 5.06 Å². The van der Waals surface area contributed by atoms with Gasteiger partial charge in [-0.15, -0.1) is 0 Å². The molecule has 0 aliphatic carbocycles. The summed E-state index contributed by atoms with van der Waals surface area (Å²) in [4.78, 5) is 25.4. The SMILES string of the molecule is O=C1c2c(c3cc(Cl)ccc3n2OCc2ccccc2)CCN1OCc1ccccc1. The lowest BCUT2D eigenvalue weighted by Gasteiger charge is -2.27. The van der Waals surface area contributed by atoms with Crippen LogP contribution in [0, 0.1) is 0 Å². The van der Waals surface area contributed by atoms with Crippen molar-refractivity contribution in [1.29, 1.82) is 0 Å². The number of carbonyl (C=O) groups is 1. The van der Waals surface area contributed by atoms with E-state index in [1.165, 1.54) is 5.06 Å². The van der Waals surface area contributed by atoms with Crippen molar-refractivity contribution in [2.24, 2.45) is 0 Å². The highest BCUT2D eigenvalue weighted by Crippen LogP contribution is 2.32. The Morgan fingerprint density at radius 1 is 0.839 bits per heavy atom. The fourth-order valence-corrected chi connectivity index (χ4v) is 4.07. The van der Waals surface area contributed by atoms with Crippen LogP contribution in [-0.2, 0) is 24.5 Å². The lowest BCUT2D eigenvalue weighted by Crippen LogP contribution is -2.39. The normalized spacial score (nSPS) is 13.5. The van der Waals surface area contributed by atoms with Crippen molar-refractivity contribution in [2.75, 3.05) is 6.54 Å². The van der Waals surface area contributed by atoms with Gasteiger partial charge in [0.2, 0.25) is 0 Å². The first kappa shape index (κ1) is 19.7. The first-order valence-corrected chi connectivity index (χ1v) is 10.6. The van der Waals surface area contributed by atoms with Crippen molar-refractivity contribution < 1.29 is 14.5 Å². The molecule has 0 radical (unpaired) electrons. The predicted molar refractivity (Wildman–Crippen MR) is 120 cm³/mol. The van der Waals surface area contributed by atoms with Gasteiger partial charge in [0.05, 0.1) is 12.1 Å². The molecule has 4 aromatic rings. The highest BCUT2D eigenvalue weighted by Gasteiger charge is 2.33. The van der Waals surface area contributed by atoms with Crippen LogP contribution in [0.3, 0.4) is 0 Å². The van der Waals surface area contributed by atoms with Gasteiger partial charge >= 0.3 is 0 Å². The van der Waals surface area contributed by atoms with Gasteiger partial charge < -0.3 is 4.84 Å². The minimum Gasteiger partial charge on any atom is -0.408 e. The van der Waals surface area contributed by atoms with Crippen LogP contribution in [-0.4, -0.2) is 22.2 Å². The Balaban J connectivity index is 1.47. The standard InChI is InChI=1S/C25H21ClN2O3/c26-20-11-12-23-22(15-20)21-13-14-27(30-16-18-7-3-1-4-8-18)25(29)24(21)28(23)31-17-19-9-5-2-6-10-19/h1-12,15H,13-14,16-17H2. The van der Waals surface area contributed by atoms with E-state index in [2.05, 4.69) is 0 Å². The molecule has 1 aromatic heterocycles. The maximum atomic E-state index is 13.4. The first-order chi connectivity index (χ1) is 15.2. The molecule has 0 saturated carbocycles. The van der Waals surface area contributed by atoms with Gasteiger partial charge in [0.25, 0.3) is 5.91 Å². The Labute approximate surface area is 185 Å². The van der Waals surface area contributed by atoms with Crippen molar-refractivity contribution in [3.8, 4) is 0 Å². The van der Waals surface area contributed by atoms with Crippen LogP contribution in [0.1, 0.15) is 27.2 Å². The molecule has 0 saturated heterocycles. The number of rotatable bonds is 6. The molecule has 1 aliphatic heterocycles. The minimum atomic E-state index is -0.211. The zero-order valence-electron chi connectivity index (χ0n) is 16.8. The minimum absolute atomic E-state index is 0.211. The average Bonchev–Trinajstić information content (AvgIpc) is 3.12. The zero-order valence-corrected chi connectivity index (χ0v) is 17.6. The second-order valence-electron chi connectivity index (χ2n) is 7.46. The summed E-state index contributed by atoms with van der Waals surface area (Å²) < 4.78 is 1.63. The van der Waals surface area contributed by atoms with E-state index in [0.29, 0.717) is 36.9 Å². The van der Waals surface area contributed by atoms with Gasteiger partial charge in [0.15, 0.2) is 5.69 Å². The third-order valence-electron chi connectivity index (χ3n) is 5.42. The van der Waals surface area contributed by atoms with Crippen LogP contribution in [0.25, 0.3) is 10.9 Å². The molecule has 6 heteroatoms. The summed E-state index contributed by atoms with van der Waals surface area (Å²) in [6, 6.07) is 25.3. The van der Waals surface area contributed by atoms with Crippen LogP contribution in [0.4, 0.5) is 0 Å². The Hall–Kier alpha value is -3.28. The molecule has 0 atom stereocenters. The second kappa shape index (κ2) is 8.46. The molecule has 3 aromatic carbocycles. The van der Waals surface area contributed by atoms with Gasteiger partial charge in [-0.2, -0.15) is 4.73 Å². The molecule has 5 rings (SSSR count). The fourth-order valence-electron chi connectivity index (χ4n) is 3.90. The van der Waals surface area contributed by atoms with Crippen molar-refractivity contribution in [2.45, 2.75) is 19.6 Å². The van der Waals surface area contributed by atoms with E-state index >= 15 is 0 Å². The highest BCUT2D eigenvalue weighted by molar-refractivity contribution is 6.31. The smallest absolute Gasteiger partial charge is 0.297 e. The number of aromatic nitrogens is 1. The number of fused-ring (bicyclic) bond motifs is 3. The van der Waals surface area contributed by atoms with E-state index < -0.39 is 0 Å². The number of amides is 1. The van der Waals surface area contributed by atoms with E-state index in [1.807, 2.05) is 78.9 Å². The lowest BCUT2D eigenvalue weighted by atomic mass is 10.0. The third-order valence-corrected chi connectivity index (χ3v) is 5.65. The molecular weight excluding hydrogens is 412 g/mol. The third kappa shape index (κ3) is 3.90. The molecule has 0 fully saturated rings. The summed E-state index contributed by atoms with van der Waals surface area (Å²) in [5.41, 5.74) is 4.28. The summed E-state index contributed by atoms with van der Waals surface area (Å²) in [5.74, 6) is -0.211. The Kier molecular flexibility index (Phi) is 5.37. The van der Waals surface area contributed by atoms with E-state index in [9.17, 15) is 4.79 Å². The van der Waals surface area contributed by atoms with Gasteiger partial charge in [-0.1, -0.05) is 72.3 Å². The maximum absolute atomic E-state index is 13.4. The van der Waals surface area contributed by atoms with Crippen LogP contribution < -0.4 is 4.84 Å². The summed E-state index contributed by atoms with van der Waals surface area (Å²) in [6.07, 6.45) is 0.661. The average molecular weight is 433 g/mol. The van der Waals surface area contributed by atoms with Gasteiger partial charge in [0, 0.05) is 10.4 Å². The molecular formula is C25H21ClN2O3. The van der Waals surface area contributed by atoms with Crippen LogP contribution in [0.15, 0.2) is 78.9 Å². The molecule has 1 amide bonds. The van der Waals surface area contributed by atoms with E-state index in [-0.39, 0.29) is 5.91 Å². The van der Waals surface area contributed by atoms with Crippen molar-refractivity contribution in [3.05, 3.63) is 106 Å². The Morgan fingerprint density at radius 2 is 1.48 bits per heavy atom. The summed E-state index contributed by atoms with van der Waals surface area (Å²) in [6.45, 7) is 1.15. The molecule has 156 valence electrons. The monoisotopic (exact) mass is 432 g/mol. The van der Waals surface area contributed by atoms with Crippen LogP contribution >= 0.6 is 11.6 Å².